The number of alkyl halides is 1. The van der Waals surface area contributed by atoms with E-state index >= 15 is 0 Å². The van der Waals surface area contributed by atoms with Gasteiger partial charge in [0.2, 0.25) is 5.91 Å². The fourth-order valence-corrected chi connectivity index (χ4v) is 1.65. The Bertz CT molecular complexity index is 332. The van der Waals surface area contributed by atoms with Crippen LogP contribution < -0.4 is 4.90 Å². The van der Waals surface area contributed by atoms with Crippen LogP contribution in [0, 0.1) is 6.92 Å². The quantitative estimate of drug-likeness (QED) is 0.773. The minimum absolute atomic E-state index is 0.0985. The second kappa shape index (κ2) is 5.31. The van der Waals surface area contributed by atoms with E-state index in [4.69, 9.17) is 0 Å². The molecular formula is C12H16BrNO. The van der Waals surface area contributed by atoms with Gasteiger partial charge >= 0.3 is 0 Å². The molecule has 0 heterocycles. The molecule has 0 fully saturated rings. The molecule has 0 N–H and O–H groups in total. The van der Waals surface area contributed by atoms with E-state index < -0.39 is 0 Å². The van der Waals surface area contributed by atoms with Gasteiger partial charge in [0.1, 0.15) is 0 Å². The lowest BCUT2D eigenvalue weighted by Crippen LogP contribution is -2.35. The third kappa shape index (κ3) is 3.06. The predicted octanol–water partition coefficient (Wildman–Crippen LogP) is 3.13. The highest BCUT2D eigenvalue weighted by molar-refractivity contribution is 9.10. The smallest absolute Gasteiger partial charge is 0.240 e. The first-order valence-corrected chi connectivity index (χ1v) is 6.00. The molecule has 1 aromatic carbocycles. The van der Waals surface area contributed by atoms with Crippen molar-refractivity contribution < 1.29 is 4.79 Å². The number of benzene rings is 1. The molecule has 0 aliphatic rings. The Hall–Kier alpha value is -0.830. The van der Waals surface area contributed by atoms with E-state index in [1.807, 2.05) is 45.0 Å². The van der Waals surface area contributed by atoms with Crippen LogP contribution in [0.25, 0.3) is 0 Å². The highest BCUT2D eigenvalue weighted by Gasteiger charge is 2.17. The average molecular weight is 270 g/mol. The Morgan fingerprint density at radius 2 is 1.93 bits per heavy atom. The third-order valence-electron chi connectivity index (χ3n) is 2.27. The first-order valence-electron chi connectivity index (χ1n) is 5.08. The zero-order valence-electron chi connectivity index (χ0n) is 9.33. The van der Waals surface area contributed by atoms with Gasteiger partial charge in [0.05, 0.1) is 4.83 Å². The molecule has 82 valence electrons. The minimum atomic E-state index is -0.140. The summed E-state index contributed by atoms with van der Waals surface area (Å²) in [5, 5.41) is 0. The largest absolute Gasteiger partial charge is 0.312 e. The molecule has 0 saturated carbocycles. The molecule has 2 nitrogen and oxygen atoms in total. The number of nitrogens with zero attached hydrogens (tertiary/aromatic N) is 1. The van der Waals surface area contributed by atoms with Gasteiger partial charge in [0.25, 0.3) is 0 Å². The molecule has 1 aromatic rings. The molecule has 1 unspecified atom stereocenters. The molecule has 15 heavy (non-hydrogen) atoms. The molecule has 1 amide bonds. The first-order chi connectivity index (χ1) is 7.06. The standard InChI is InChI=1S/C12H16BrNO/c1-4-14(12(15)10(3)13)11-7-5-9(2)6-8-11/h5-8,10H,4H2,1-3H3. The molecule has 0 radical (unpaired) electrons. The highest BCUT2D eigenvalue weighted by atomic mass is 79.9. The molecular weight excluding hydrogens is 254 g/mol. The summed E-state index contributed by atoms with van der Waals surface area (Å²) in [4.78, 5) is 13.5. The summed E-state index contributed by atoms with van der Waals surface area (Å²) in [6.45, 7) is 6.55. The van der Waals surface area contributed by atoms with Gasteiger partial charge in [-0.25, -0.2) is 0 Å². The van der Waals surface area contributed by atoms with Crippen molar-refractivity contribution in [2.45, 2.75) is 25.6 Å². The van der Waals surface area contributed by atoms with Crippen molar-refractivity contribution in [2.24, 2.45) is 0 Å². The van der Waals surface area contributed by atoms with Gasteiger partial charge in [-0.2, -0.15) is 0 Å². The number of carbonyl (C=O) groups is 1. The maximum absolute atomic E-state index is 11.8. The van der Waals surface area contributed by atoms with Gasteiger partial charge in [0, 0.05) is 12.2 Å². The molecule has 3 heteroatoms. The number of aryl methyl sites for hydroxylation is 1. The molecule has 0 spiro atoms. The van der Waals surface area contributed by atoms with Crippen LogP contribution in [0.5, 0.6) is 0 Å². The van der Waals surface area contributed by atoms with E-state index in [0.717, 1.165) is 5.69 Å². The molecule has 0 aromatic heterocycles. The Labute approximate surface area is 99.4 Å². The topological polar surface area (TPSA) is 20.3 Å². The summed E-state index contributed by atoms with van der Waals surface area (Å²) in [6.07, 6.45) is 0. The van der Waals surface area contributed by atoms with Crippen molar-refractivity contribution in [1.82, 2.24) is 0 Å². The fraction of sp³-hybridized carbons (Fsp3) is 0.417. The fourth-order valence-electron chi connectivity index (χ4n) is 1.41. The zero-order chi connectivity index (χ0) is 11.4. The van der Waals surface area contributed by atoms with Crippen LogP contribution in [-0.4, -0.2) is 17.3 Å². The third-order valence-corrected chi connectivity index (χ3v) is 2.66. The lowest BCUT2D eigenvalue weighted by atomic mass is 10.2. The number of carbonyl (C=O) groups excluding carboxylic acids is 1. The van der Waals surface area contributed by atoms with E-state index in [9.17, 15) is 4.79 Å². The lowest BCUT2D eigenvalue weighted by molar-refractivity contribution is -0.117. The molecule has 1 rings (SSSR count). The number of hydrogen-bond donors (Lipinski definition) is 0. The summed E-state index contributed by atoms with van der Waals surface area (Å²) < 4.78 is 0. The van der Waals surface area contributed by atoms with Gasteiger partial charge < -0.3 is 4.90 Å². The maximum Gasteiger partial charge on any atom is 0.240 e. The van der Waals surface area contributed by atoms with Crippen molar-refractivity contribution >= 4 is 27.5 Å². The van der Waals surface area contributed by atoms with Crippen molar-refractivity contribution in [1.29, 1.82) is 0 Å². The maximum atomic E-state index is 11.8. The zero-order valence-corrected chi connectivity index (χ0v) is 10.9. The van der Waals surface area contributed by atoms with Crippen LogP contribution in [0.2, 0.25) is 0 Å². The van der Waals surface area contributed by atoms with Crippen molar-refractivity contribution in [3.8, 4) is 0 Å². The Morgan fingerprint density at radius 3 is 2.33 bits per heavy atom. The van der Waals surface area contributed by atoms with Crippen LogP contribution in [0.4, 0.5) is 5.69 Å². The van der Waals surface area contributed by atoms with E-state index in [1.54, 1.807) is 4.90 Å². The van der Waals surface area contributed by atoms with Crippen molar-refractivity contribution in [3.05, 3.63) is 29.8 Å². The van der Waals surface area contributed by atoms with Gasteiger partial charge in [-0.05, 0) is 32.9 Å². The number of halogens is 1. The van der Waals surface area contributed by atoms with Crippen LogP contribution in [0.3, 0.4) is 0 Å². The Balaban J connectivity index is 2.92. The van der Waals surface area contributed by atoms with Gasteiger partial charge in [-0.1, -0.05) is 33.6 Å². The number of amides is 1. The predicted molar refractivity (Wildman–Crippen MR) is 67.6 cm³/mol. The summed E-state index contributed by atoms with van der Waals surface area (Å²) in [7, 11) is 0. The van der Waals surface area contributed by atoms with Gasteiger partial charge in [0.15, 0.2) is 0 Å². The molecule has 0 aliphatic carbocycles. The van der Waals surface area contributed by atoms with Crippen molar-refractivity contribution in [3.63, 3.8) is 0 Å². The Kier molecular flexibility index (Phi) is 4.33. The van der Waals surface area contributed by atoms with E-state index in [0.29, 0.717) is 6.54 Å². The number of rotatable bonds is 3. The van der Waals surface area contributed by atoms with Gasteiger partial charge in [-0.3, -0.25) is 4.79 Å². The lowest BCUT2D eigenvalue weighted by Gasteiger charge is -2.22. The summed E-state index contributed by atoms with van der Waals surface area (Å²) >= 11 is 3.30. The van der Waals surface area contributed by atoms with E-state index in [-0.39, 0.29) is 10.7 Å². The molecule has 0 bridgehead atoms. The monoisotopic (exact) mass is 269 g/mol. The van der Waals surface area contributed by atoms with Crippen LogP contribution in [-0.2, 0) is 4.79 Å². The summed E-state index contributed by atoms with van der Waals surface area (Å²) in [5.74, 6) is 0.0985. The number of anilines is 1. The normalized spacial score (nSPS) is 12.3. The van der Waals surface area contributed by atoms with Crippen LogP contribution in [0.15, 0.2) is 24.3 Å². The molecule has 0 saturated heterocycles. The van der Waals surface area contributed by atoms with Crippen LogP contribution in [0.1, 0.15) is 19.4 Å². The second-order valence-corrected chi connectivity index (χ2v) is 4.91. The van der Waals surface area contributed by atoms with E-state index in [1.165, 1.54) is 5.56 Å². The first kappa shape index (κ1) is 12.2. The van der Waals surface area contributed by atoms with Crippen molar-refractivity contribution in [2.75, 3.05) is 11.4 Å². The minimum Gasteiger partial charge on any atom is -0.312 e. The summed E-state index contributed by atoms with van der Waals surface area (Å²) in [6, 6.07) is 7.99. The van der Waals surface area contributed by atoms with Crippen LogP contribution >= 0.6 is 15.9 Å². The average Bonchev–Trinajstić information content (AvgIpc) is 2.21. The van der Waals surface area contributed by atoms with Gasteiger partial charge in [-0.15, -0.1) is 0 Å². The number of hydrogen-bond acceptors (Lipinski definition) is 1. The Morgan fingerprint density at radius 1 is 1.40 bits per heavy atom. The molecule has 1 atom stereocenters. The highest BCUT2D eigenvalue weighted by Crippen LogP contribution is 2.17. The summed E-state index contributed by atoms with van der Waals surface area (Å²) in [5.41, 5.74) is 2.16. The SMILES string of the molecule is CCN(C(=O)C(C)Br)c1ccc(C)cc1. The van der Waals surface area contributed by atoms with E-state index in [2.05, 4.69) is 15.9 Å². The second-order valence-electron chi connectivity index (χ2n) is 3.53. The molecule has 0 aliphatic heterocycles.